The number of hydrogen-bond donors (Lipinski definition) is 4. The summed E-state index contributed by atoms with van der Waals surface area (Å²) in [5, 5.41) is 0. The number of nitrogens with two attached hydrogens (primary N) is 2. The third-order valence-corrected chi connectivity index (χ3v) is 2.96. The summed E-state index contributed by atoms with van der Waals surface area (Å²) < 4.78 is 1.49. The Morgan fingerprint density at radius 2 is 1.95 bits per heavy atom. The molecule has 6 N–H and O–H groups in total. The SMILES string of the molecule is Nc1nc2c(ncn2-c2nc3ncnc(N)c3[nH]2)c(=O)[nH]1. The third kappa shape index (κ3) is 1.54. The average Bonchev–Trinajstić information content (AvgIpc) is 3.02. The van der Waals surface area contributed by atoms with E-state index in [1.807, 2.05) is 0 Å². The minimum Gasteiger partial charge on any atom is -0.382 e. The average molecular weight is 284 g/mol. The number of imidazole rings is 2. The first-order valence-corrected chi connectivity index (χ1v) is 5.83. The molecule has 0 aliphatic rings. The fourth-order valence-electron chi connectivity index (χ4n) is 2.03. The quantitative estimate of drug-likeness (QED) is 0.342. The van der Waals surface area contributed by atoms with E-state index in [0.717, 1.165) is 0 Å². The van der Waals surface area contributed by atoms with Gasteiger partial charge in [-0.1, -0.05) is 0 Å². The Morgan fingerprint density at radius 1 is 1.10 bits per heavy atom. The second-order valence-corrected chi connectivity index (χ2v) is 4.26. The Labute approximate surface area is 115 Å². The molecule has 4 rings (SSSR count). The van der Waals surface area contributed by atoms with E-state index in [4.69, 9.17) is 11.5 Å². The number of nitrogen functional groups attached to an aromatic ring is 2. The number of H-pyrrole nitrogens is 2. The molecule has 0 bridgehead atoms. The van der Waals surface area contributed by atoms with Crippen LogP contribution in [-0.2, 0) is 0 Å². The van der Waals surface area contributed by atoms with Gasteiger partial charge < -0.3 is 16.5 Å². The van der Waals surface area contributed by atoms with Crippen LogP contribution in [0.2, 0.25) is 0 Å². The highest BCUT2D eigenvalue weighted by atomic mass is 16.1. The van der Waals surface area contributed by atoms with E-state index in [-0.39, 0.29) is 22.9 Å². The number of aromatic amines is 2. The number of hydrogen-bond acceptors (Lipinski definition) is 8. The van der Waals surface area contributed by atoms with Crippen molar-refractivity contribution in [1.82, 2.24) is 39.5 Å². The smallest absolute Gasteiger partial charge is 0.280 e. The van der Waals surface area contributed by atoms with Gasteiger partial charge in [-0.3, -0.25) is 14.3 Å². The van der Waals surface area contributed by atoms with Crippen LogP contribution in [0.3, 0.4) is 0 Å². The number of rotatable bonds is 1. The van der Waals surface area contributed by atoms with Crippen molar-refractivity contribution in [1.29, 1.82) is 0 Å². The van der Waals surface area contributed by atoms with Crippen molar-refractivity contribution < 1.29 is 0 Å². The summed E-state index contributed by atoms with van der Waals surface area (Å²) >= 11 is 0. The number of nitrogens with one attached hydrogen (secondary N) is 2. The predicted molar refractivity (Wildman–Crippen MR) is 73.6 cm³/mol. The fourth-order valence-corrected chi connectivity index (χ4v) is 2.03. The standard InChI is InChI=1S/C10H8N10O/c11-5-3-6(14-1-13-5)17-10(16-3)20-2-15-4-7(20)18-9(12)19-8(4)21/h1-2H,(H3,12,18,19,21)(H3,11,13,14,16,17). The van der Waals surface area contributed by atoms with Crippen LogP contribution in [0.4, 0.5) is 11.8 Å². The van der Waals surface area contributed by atoms with Crippen molar-refractivity contribution in [2.24, 2.45) is 0 Å². The number of aromatic nitrogens is 8. The molecule has 4 heterocycles. The largest absolute Gasteiger partial charge is 0.382 e. The lowest BCUT2D eigenvalue weighted by molar-refractivity contribution is 0.976. The van der Waals surface area contributed by atoms with Crippen LogP contribution in [0.25, 0.3) is 28.3 Å². The van der Waals surface area contributed by atoms with Crippen LogP contribution in [0, 0.1) is 0 Å². The minimum absolute atomic E-state index is 0.00957. The third-order valence-electron chi connectivity index (χ3n) is 2.96. The molecule has 104 valence electrons. The summed E-state index contributed by atoms with van der Waals surface area (Å²) in [6.45, 7) is 0. The minimum atomic E-state index is -0.424. The summed E-state index contributed by atoms with van der Waals surface area (Å²) in [7, 11) is 0. The second-order valence-electron chi connectivity index (χ2n) is 4.26. The van der Waals surface area contributed by atoms with E-state index in [0.29, 0.717) is 17.1 Å². The van der Waals surface area contributed by atoms with Crippen molar-refractivity contribution in [2.45, 2.75) is 0 Å². The molecule has 11 heteroatoms. The Bertz CT molecular complexity index is 1040. The molecule has 0 spiro atoms. The van der Waals surface area contributed by atoms with Crippen LogP contribution in [0.15, 0.2) is 17.4 Å². The molecule has 21 heavy (non-hydrogen) atoms. The lowest BCUT2D eigenvalue weighted by Gasteiger charge is -1.98. The Balaban J connectivity index is 2.04. The molecule has 0 radical (unpaired) electrons. The molecule has 4 aromatic heterocycles. The summed E-state index contributed by atoms with van der Waals surface area (Å²) in [5.74, 6) is 0.621. The summed E-state index contributed by atoms with van der Waals surface area (Å²) in [6, 6.07) is 0. The second kappa shape index (κ2) is 3.75. The van der Waals surface area contributed by atoms with Crippen molar-refractivity contribution in [2.75, 3.05) is 11.5 Å². The van der Waals surface area contributed by atoms with Gasteiger partial charge in [0.1, 0.15) is 18.2 Å². The number of anilines is 2. The molecule has 0 aromatic carbocycles. The van der Waals surface area contributed by atoms with E-state index in [2.05, 4.69) is 34.9 Å². The van der Waals surface area contributed by atoms with E-state index in [9.17, 15) is 4.79 Å². The molecule has 0 saturated carbocycles. The predicted octanol–water partition coefficient (Wildman–Crippen LogP) is -1.06. The van der Waals surface area contributed by atoms with Crippen molar-refractivity contribution in [3.05, 3.63) is 23.0 Å². The van der Waals surface area contributed by atoms with Gasteiger partial charge in [-0.25, -0.2) is 15.0 Å². The van der Waals surface area contributed by atoms with Crippen molar-refractivity contribution in [3.63, 3.8) is 0 Å². The normalized spacial score (nSPS) is 11.4. The first-order valence-electron chi connectivity index (χ1n) is 5.83. The molecule has 0 saturated heterocycles. The van der Waals surface area contributed by atoms with Gasteiger partial charge in [0.2, 0.25) is 11.9 Å². The highest BCUT2D eigenvalue weighted by Crippen LogP contribution is 2.18. The van der Waals surface area contributed by atoms with Crippen LogP contribution < -0.4 is 17.0 Å². The first-order chi connectivity index (χ1) is 10.1. The Hall–Kier alpha value is -3.50. The molecule has 0 atom stereocenters. The van der Waals surface area contributed by atoms with Crippen LogP contribution in [0.1, 0.15) is 0 Å². The van der Waals surface area contributed by atoms with Gasteiger partial charge >= 0.3 is 0 Å². The van der Waals surface area contributed by atoms with E-state index in [1.165, 1.54) is 17.2 Å². The van der Waals surface area contributed by atoms with Gasteiger partial charge in [-0.2, -0.15) is 9.97 Å². The zero-order valence-electron chi connectivity index (χ0n) is 10.4. The van der Waals surface area contributed by atoms with Crippen molar-refractivity contribution in [3.8, 4) is 5.95 Å². The lowest BCUT2D eigenvalue weighted by Crippen LogP contribution is -2.12. The number of fused-ring (bicyclic) bond motifs is 2. The summed E-state index contributed by atoms with van der Waals surface area (Å²) in [5.41, 5.74) is 12.2. The summed E-state index contributed by atoms with van der Waals surface area (Å²) in [6.07, 6.45) is 2.73. The molecular weight excluding hydrogens is 276 g/mol. The zero-order chi connectivity index (χ0) is 14.6. The Morgan fingerprint density at radius 3 is 2.76 bits per heavy atom. The van der Waals surface area contributed by atoms with Gasteiger partial charge in [0.05, 0.1) is 0 Å². The maximum atomic E-state index is 11.7. The van der Waals surface area contributed by atoms with E-state index < -0.39 is 5.56 Å². The molecule has 0 fully saturated rings. The van der Waals surface area contributed by atoms with Crippen LogP contribution in [0.5, 0.6) is 0 Å². The van der Waals surface area contributed by atoms with Gasteiger partial charge in [0.25, 0.3) is 5.56 Å². The molecule has 0 unspecified atom stereocenters. The molecule has 4 aromatic rings. The van der Waals surface area contributed by atoms with E-state index >= 15 is 0 Å². The molecule has 0 aliphatic heterocycles. The van der Waals surface area contributed by atoms with Crippen LogP contribution in [-0.4, -0.2) is 39.5 Å². The van der Waals surface area contributed by atoms with E-state index in [1.54, 1.807) is 0 Å². The van der Waals surface area contributed by atoms with Gasteiger partial charge in [0, 0.05) is 0 Å². The maximum absolute atomic E-state index is 11.7. The summed E-state index contributed by atoms with van der Waals surface area (Å²) in [4.78, 5) is 37.3. The molecule has 11 nitrogen and oxygen atoms in total. The van der Waals surface area contributed by atoms with Crippen LogP contribution >= 0.6 is 0 Å². The monoisotopic (exact) mass is 284 g/mol. The van der Waals surface area contributed by atoms with Crippen molar-refractivity contribution >= 4 is 34.1 Å². The van der Waals surface area contributed by atoms with Gasteiger partial charge in [0.15, 0.2) is 22.6 Å². The highest BCUT2D eigenvalue weighted by molar-refractivity contribution is 5.82. The fraction of sp³-hybridized carbons (Fsp3) is 0. The Kier molecular flexibility index (Phi) is 2.03. The highest BCUT2D eigenvalue weighted by Gasteiger charge is 2.14. The first kappa shape index (κ1) is 11.3. The lowest BCUT2D eigenvalue weighted by atomic mass is 10.5. The zero-order valence-corrected chi connectivity index (χ0v) is 10.4. The maximum Gasteiger partial charge on any atom is 0.280 e. The van der Waals surface area contributed by atoms with Gasteiger partial charge in [-0.15, -0.1) is 0 Å². The topological polar surface area (TPSA) is 170 Å². The molecule has 0 aliphatic carbocycles. The van der Waals surface area contributed by atoms with Gasteiger partial charge in [-0.05, 0) is 0 Å². The molecular formula is C10H8N10O. The molecule has 0 amide bonds. The number of nitrogens with zero attached hydrogens (tertiary/aromatic N) is 6.